The summed E-state index contributed by atoms with van der Waals surface area (Å²) in [5.41, 5.74) is 5.20. The van der Waals surface area contributed by atoms with Crippen molar-refractivity contribution in [2.45, 2.75) is 39.2 Å². The molecule has 2 N–H and O–H groups in total. The van der Waals surface area contributed by atoms with Crippen molar-refractivity contribution < 1.29 is 23.8 Å². The van der Waals surface area contributed by atoms with Crippen molar-refractivity contribution in [3.63, 3.8) is 0 Å². The van der Waals surface area contributed by atoms with Gasteiger partial charge >= 0.3 is 0 Å². The van der Waals surface area contributed by atoms with Crippen LogP contribution in [0, 0.1) is 5.92 Å². The van der Waals surface area contributed by atoms with Gasteiger partial charge in [-0.25, -0.2) is 4.99 Å². The van der Waals surface area contributed by atoms with E-state index in [1.807, 2.05) is 42.5 Å². The largest absolute Gasteiger partial charge is 0.454 e. The average molecular weight is 576 g/mol. The molecule has 218 valence electrons. The summed E-state index contributed by atoms with van der Waals surface area (Å²) in [6.45, 7) is 8.76. The molecule has 43 heavy (non-hydrogen) atoms. The molecule has 3 aromatic carbocycles. The number of allylic oxidation sites excluding steroid dienone is 3. The molecule has 8 nitrogen and oxygen atoms in total. The zero-order valence-electron chi connectivity index (χ0n) is 24.5. The number of hydrogen-bond acceptors (Lipinski definition) is 8. The van der Waals surface area contributed by atoms with Gasteiger partial charge in [0, 0.05) is 41.6 Å². The molecule has 8 heteroatoms. The van der Waals surface area contributed by atoms with E-state index in [4.69, 9.17) is 19.2 Å². The van der Waals surface area contributed by atoms with Gasteiger partial charge in [0.1, 0.15) is 5.69 Å². The summed E-state index contributed by atoms with van der Waals surface area (Å²) in [5.74, 6) is 1.56. The highest BCUT2D eigenvalue weighted by molar-refractivity contribution is 6.33. The number of carbonyl (C=O) groups is 2. The lowest BCUT2D eigenvalue weighted by molar-refractivity contribution is 0.0908. The van der Waals surface area contributed by atoms with Crippen molar-refractivity contribution in [3.05, 3.63) is 106 Å². The first-order chi connectivity index (χ1) is 20.8. The van der Waals surface area contributed by atoms with Crippen molar-refractivity contribution in [2.75, 3.05) is 19.9 Å². The van der Waals surface area contributed by atoms with Gasteiger partial charge in [0.2, 0.25) is 6.79 Å². The van der Waals surface area contributed by atoms with Crippen LogP contribution in [0.5, 0.6) is 17.2 Å². The smallest absolute Gasteiger partial charge is 0.231 e. The lowest BCUT2D eigenvalue weighted by atomic mass is 9.72. The molecular formula is C35H33N3O5. The summed E-state index contributed by atoms with van der Waals surface area (Å²) in [4.78, 5) is 32.7. The van der Waals surface area contributed by atoms with E-state index in [0.29, 0.717) is 58.4 Å². The van der Waals surface area contributed by atoms with E-state index >= 15 is 0 Å². The molecule has 0 saturated heterocycles. The molecule has 0 aromatic heterocycles. The fourth-order valence-electron chi connectivity index (χ4n) is 5.89. The molecule has 0 radical (unpaired) electrons. The molecular weight excluding hydrogens is 542 g/mol. The monoisotopic (exact) mass is 575 g/mol. The van der Waals surface area contributed by atoms with Crippen LogP contribution in [-0.4, -0.2) is 37.2 Å². The third-order valence-corrected chi connectivity index (χ3v) is 8.22. The molecule has 0 spiro atoms. The van der Waals surface area contributed by atoms with Crippen LogP contribution in [0.3, 0.4) is 0 Å². The van der Waals surface area contributed by atoms with Gasteiger partial charge in [-0.1, -0.05) is 57.2 Å². The van der Waals surface area contributed by atoms with E-state index in [-0.39, 0.29) is 23.8 Å². The van der Waals surface area contributed by atoms with Gasteiger partial charge in [0.15, 0.2) is 34.6 Å². The highest BCUT2D eigenvalue weighted by Crippen LogP contribution is 2.44. The van der Waals surface area contributed by atoms with Crippen molar-refractivity contribution in [2.24, 2.45) is 10.9 Å². The summed E-state index contributed by atoms with van der Waals surface area (Å²) in [5, 5.41) is 6.90. The van der Waals surface area contributed by atoms with Crippen LogP contribution in [0.15, 0.2) is 88.8 Å². The number of nitrogens with zero attached hydrogens (tertiary/aromatic N) is 1. The van der Waals surface area contributed by atoms with Gasteiger partial charge in [-0.05, 0) is 53.8 Å². The number of rotatable bonds is 7. The van der Waals surface area contributed by atoms with Crippen LogP contribution in [0.25, 0.3) is 0 Å². The Balaban J connectivity index is 1.13. The highest BCUT2D eigenvalue weighted by atomic mass is 16.7. The molecule has 0 amide bonds. The quantitative estimate of drug-likeness (QED) is 0.344. The number of ketones is 2. The summed E-state index contributed by atoms with van der Waals surface area (Å²) in [6, 6.07) is 18.9. The summed E-state index contributed by atoms with van der Waals surface area (Å²) in [7, 11) is 0. The zero-order chi connectivity index (χ0) is 29.7. The Hall–Kier alpha value is -4.69. The van der Waals surface area contributed by atoms with E-state index in [1.54, 1.807) is 24.3 Å². The predicted molar refractivity (Wildman–Crippen MR) is 163 cm³/mol. The third-order valence-electron chi connectivity index (χ3n) is 8.22. The van der Waals surface area contributed by atoms with Gasteiger partial charge in [-0.2, -0.15) is 0 Å². The minimum absolute atomic E-state index is 0.0602. The van der Waals surface area contributed by atoms with Gasteiger partial charge in [-0.15, -0.1) is 0 Å². The molecule has 2 heterocycles. The van der Waals surface area contributed by atoms with E-state index in [1.165, 1.54) is 0 Å². The van der Waals surface area contributed by atoms with E-state index in [9.17, 15) is 9.59 Å². The second-order valence-electron chi connectivity index (χ2n) is 12.2. The maximum absolute atomic E-state index is 13.9. The molecule has 0 fully saturated rings. The van der Waals surface area contributed by atoms with Gasteiger partial charge < -0.3 is 24.8 Å². The SMILES string of the molecule is CC(C)(C)c1ccc2c(c1)OC1=CC(NCCCNCc3ccc4c(c3)OCO4)=C3C(=O)c4ccccc4C(=O)C3C1=N2. The van der Waals surface area contributed by atoms with Crippen LogP contribution in [0.1, 0.15) is 59.0 Å². The number of hydrogen-bond donors (Lipinski definition) is 2. The van der Waals surface area contributed by atoms with Gasteiger partial charge in [-0.3, -0.25) is 9.59 Å². The van der Waals surface area contributed by atoms with E-state index in [2.05, 4.69) is 31.4 Å². The standard InChI is InChI=1S/C35H33N3O5/c1-35(2,3)21-10-11-24-27(16-21)43-29-17-25(37-14-6-13-36-18-20-9-12-26-28(15-20)42-19-41-26)30-31(32(29)38-24)34(40)23-8-5-4-7-22(23)33(30)39/h4-5,7-12,15-17,31,36-37H,6,13-14,18-19H2,1-3H3. The fourth-order valence-corrected chi connectivity index (χ4v) is 5.89. The Morgan fingerprint density at radius 3 is 2.56 bits per heavy atom. The first kappa shape index (κ1) is 27.2. The van der Waals surface area contributed by atoms with Crippen molar-refractivity contribution in [1.29, 1.82) is 0 Å². The van der Waals surface area contributed by atoms with Gasteiger partial charge in [0.25, 0.3) is 0 Å². The Kier molecular flexibility index (Phi) is 6.66. The second-order valence-corrected chi connectivity index (χ2v) is 12.2. The number of aliphatic imine (C=N–C) groups is 1. The van der Waals surface area contributed by atoms with Crippen LogP contribution in [0.4, 0.5) is 5.69 Å². The van der Waals surface area contributed by atoms with Crippen LogP contribution < -0.4 is 24.8 Å². The van der Waals surface area contributed by atoms with E-state index in [0.717, 1.165) is 35.6 Å². The zero-order valence-corrected chi connectivity index (χ0v) is 24.5. The Morgan fingerprint density at radius 1 is 0.907 bits per heavy atom. The number of fused-ring (bicyclic) bond motifs is 6. The summed E-state index contributed by atoms with van der Waals surface area (Å²) in [6.07, 6.45) is 2.63. The van der Waals surface area contributed by atoms with Crippen LogP contribution >= 0.6 is 0 Å². The highest BCUT2D eigenvalue weighted by Gasteiger charge is 2.46. The number of Topliss-reactive ketones (excluding diaryl/α,β-unsaturated/α-hetero) is 2. The lowest BCUT2D eigenvalue weighted by Gasteiger charge is -2.34. The van der Waals surface area contributed by atoms with Crippen molar-refractivity contribution in [1.82, 2.24) is 10.6 Å². The Labute approximate surface area is 250 Å². The molecule has 4 aliphatic rings. The number of ether oxygens (including phenoxy) is 3. The third kappa shape index (κ3) is 4.91. The maximum atomic E-state index is 13.9. The minimum atomic E-state index is -0.829. The molecule has 0 saturated carbocycles. The van der Waals surface area contributed by atoms with Crippen LogP contribution in [-0.2, 0) is 12.0 Å². The number of nitrogens with one attached hydrogen (secondary N) is 2. The van der Waals surface area contributed by atoms with Crippen molar-refractivity contribution in [3.8, 4) is 17.2 Å². The van der Waals surface area contributed by atoms with E-state index < -0.39 is 5.92 Å². The minimum Gasteiger partial charge on any atom is -0.454 e. The van der Waals surface area contributed by atoms with Crippen molar-refractivity contribution >= 4 is 23.0 Å². The number of carbonyl (C=O) groups excluding carboxylic acids is 2. The normalized spacial score (nSPS) is 18.2. The Morgan fingerprint density at radius 2 is 1.72 bits per heavy atom. The first-order valence-corrected chi connectivity index (χ1v) is 14.7. The summed E-state index contributed by atoms with van der Waals surface area (Å²) < 4.78 is 17.3. The lowest BCUT2D eigenvalue weighted by Crippen LogP contribution is -2.42. The topological polar surface area (TPSA) is 98.2 Å². The molecule has 2 aliphatic carbocycles. The molecule has 0 bridgehead atoms. The van der Waals surface area contributed by atoms with Gasteiger partial charge in [0.05, 0.1) is 11.6 Å². The predicted octanol–water partition coefficient (Wildman–Crippen LogP) is 5.79. The molecule has 7 rings (SSSR count). The number of benzene rings is 3. The second kappa shape index (κ2) is 10.5. The Bertz CT molecular complexity index is 1760. The molecule has 1 unspecified atom stereocenters. The molecule has 2 aliphatic heterocycles. The molecule has 1 atom stereocenters. The fraction of sp³-hybridized carbons (Fsp3) is 0.286. The molecule has 3 aromatic rings. The average Bonchev–Trinajstić information content (AvgIpc) is 3.47. The maximum Gasteiger partial charge on any atom is 0.231 e. The van der Waals surface area contributed by atoms with Crippen LogP contribution in [0.2, 0.25) is 0 Å². The first-order valence-electron chi connectivity index (χ1n) is 14.7. The summed E-state index contributed by atoms with van der Waals surface area (Å²) >= 11 is 0.